The van der Waals surface area contributed by atoms with Gasteiger partial charge in [0.1, 0.15) is 12.6 Å². The summed E-state index contributed by atoms with van der Waals surface area (Å²) in [4.78, 5) is 56.4. The second-order valence-electron chi connectivity index (χ2n) is 11.2. The molecule has 4 amide bonds. The first kappa shape index (κ1) is 33.5. The maximum Gasteiger partial charge on any atom is 0.330 e. The van der Waals surface area contributed by atoms with Gasteiger partial charge in [-0.1, -0.05) is 114 Å². The van der Waals surface area contributed by atoms with E-state index in [-0.39, 0.29) is 34.7 Å². The van der Waals surface area contributed by atoms with E-state index in [4.69, 9.17) is 27.9 Å². The van der Waals surface area contributed by atoms with Gasteiger partial charge in [-0.3, -0.25) is 9.59 Å². The Labute approximate surface area is 283 Å². The predicted molar refractivity (Wildman–Crippen MR) is 180 cm³/mol. The number of hydrogen-bond donors (Lipinski definition) is 2. The van der Waals surface area contributed by atoms with Crippen molar-refractivity contribution in [1.29, 1.82) is 0 Å². The molecule has 0 bridgehead atoms. The average Bonchev–Trinajstić information content (AvgIpc) is 3.08. The van der Waals surface area contributed by atoms with Gasteiger partial charge in [-0.2, -0.15) is 0 Å². The molecule has 0 saturated carbocycles. The van der Waals surface area contributed by atoms with Crippen molar-refractivity contribution in [2.24, 2.45) is 0 Å². The Kier molecular flexibility index (Phi) is 11.1. The van der Waals surface area contributed by atoms with Gasteiger partial charge in [0.25, 0.3) is 11.8 Å². The highest BCUT2D eigenvalue weighted by Gasteiger charge is 2.32. The number of fused-ring (bicyclic) bond motifs is 1. The van der Waals surface area contributed by atoms with Gasteiger partial charge in [0.05, 0.1) is 22.2 Å². The Bertz CT molecular complexity index is 1740. The zero-order valence-electron chi connectivity index (χ0n) is 25.7. The molecule has 1 heterocycles. The number of benzene rings is 4. The number of amides is 4. The normalized spacial score (nSPS) is 12.9. The zero-order valence-corrected chi connectivity index (χ0v) is 27.3. The summed E-state index contributed by atoms with van der Waals surface area (Å²) in [6.45, 7) is 0.875. The van der Waals surface area contributed by atoms with Gasteiger partial charge >= 0.3 is 12.0 Å². The summed E-state index contributed by atoms with van der Waals surface area (Å²) in [6, 6.07) is 27.9. The van der Waals surface area contributed by atoms with Crippen LogP contribution in [0.1, 0.15) is 43.0 Å². The number of halogens is 2. The van der Waals surface area contributed by atoms with E-state index >= 15 is 0 Å². The van der Waals surface area contributed by atoms with E-state index in [0.29, 0.717) is 37.2 Å². The van der Waals surface area contributed by atoms with Crippen LogP contribution in [0, 0.1) is 0 Å². The fourth-order valence-electron chi connectivity index (χ4n) is 5.28. The molecule has 0 fully saturated rings. The molecular formula is C36H34Cl2N4O5. The Hall–Kier alpha value is -4.86. The average molecular weight is 674 g/mol. The molecular weight excluding hydrogens is 639 g/mol. The molecule has 0 saturated heterocycles. The van der Waals surface area contributed by atoms with Crippen LogP contribution < -0.4 is 10.6 Å². The zero-order chi connectivity index (χ0) is 33.3. The highest BCUT2D eigenvalue weighted by atomic mass is 35.5. The smallest absolute Gasteiger partial charge is 0.330 e. The number of urea groups is 1. The van der Waals surface area contributed by atoms with Crippen molar-refractivity contribution < 1.29 is 23.9 Å². The third-order valence-electron chi connectivity index (χ3n) is 7.79. The molecule has 4 aromatic rings. The first-order valence-corrected chi connectivity index (χ1v) is 15.8. The number of carbonyl (C=O) groups is 4. The SMILES string of the molecule is CN(Cc1ccccc1)C(=O)NCC(NC(=O)c1c(Cl)cc2c(c1Cl)CCN(Cc1ccccc1)C2=O)C(=O)OCc1ccccc1. The second kappa shape index (κ2) is 15.6. The Morgan fingerprint density at radius 2 is 1.49 bits per heavy atom. The van der Waals surface area contributed by atoms with Crippen LogP contribution in [-0.4, -0.2) is 59.8 Å². The number of esters is 1. The molecule has 47 heavy (non-hydrogen) atoms. The lowest BCUT2D eigenvalue weighted by Gasteiger charge is -2.30. The van der Waals surface area contributed by atoms with Crippen molar-refractivity contribution in [2.75, 3.05) is 20.1 Å². The molecule has 1 unspecified atom stereocenters. The Morgan fingerprint density at radius 3 is 2.13 bits per heavy atom. The first-order chi connectivity index (χ1) is 22.7. The van der Waals surface area contributed by atoms with Crippen LogP contribution in [0.4, 0.5) is 4.79 Å². The molecule has 4 aromatic carbocycles. The van der Waals surface area contributed by atoms with Gasteiger partial charge in [-0.25, -0.2) is 9.59 Å². The van der Waals surface area contributed by atoms with Crippen LogP contribution in [0.3, 0.4) is 0 Å². The molecule has 1 aliphatic heterocycles. The molecule has 242 valence electrons. The van der Waals surface area contributed by atoms with E-state index in [1.807, 2.05) is 78.9 Å². The number of rotatable bonds is 11. The monoisotopic (exact) mass is 672 g/mol. The minimum atomic E-state index is -1.27. The molecule has 11 heteroatoms. The van der Waals surface area contributed by atoms with Gasteiger partial charge in [0.2, 0.25) is 0 Å². The predicted octanol–water partition coefficient (Wildman–Crippen LogP) is 5.88. The van der Waals surface area contributed by atoms with E-state index < -0.39 is 23.9 Å². The molecule has 9 nitrogen and oxygen atoms in total. The summed E-state index contributed by atoms with van der Waals surface area (Å²) in [5.41, 5.74) is 3.44. The Morgan fingerprint density at radius 1 is 0.894 bits per heavy atom. The van der Waals surface area contributed by atoms with Crippen LogP contribution >= 0.6 is 23.2 Å². The molecule has 0 radical (unpaired) electrons. The van der Waals surface area contributed by atoms with E-state index in [1.165, 1.54) is 11.0 Å². The topological polar surface area (TPSA) is 108 Å². The van der Waals surface area contributed by atoms with Crippen molar-refractivity contribution in [3.05, 3.63) is 140 Å². The number of hydrogen-bond acceptors (Lipinski definition) is 5. The summed E-state index contributed by atoms with van der Waals surface area (Å²) >= 11 is 13.3. The largest absolute Gasteiger partial charge is 0.459 e. The fourth-order valence-corrected chi connectivity index (χ4v) is 6.00. The maximum atomic E-state index is 13.7. The minimum Gasteiger partial charge on any atom is -0.459 e. The van der Waals surface area contributed by atoms with Crippen molar-refractivity contribution in [2.45, 2.75) is 32.2 Å². The standard InChI is InChI=1S/C36H34Cl2N4O5/c1-41(21-24-11-5-2-6-12-24)36(46)39-20-30(35(45)47-23-26-15-9-4-10-16-26)40-33(43)31-29(37)19-28-27(32(31)38)17-18-42(34(28)44)22-25-13-7-3-8-14-25/h2-16,19,30H,17-18,20-23H2,1H3,(H,39,46)(H,40,43). The van der Waals surface area contributed by atoms with Crippen molar-refractivity contribution >= 4 is 47.0 Å². The molecule has 0 aromatic heterocycles. The highest BCUT2D eigenvalue weighted by Crippen LogP contribution is 2.35. The maximum absolute atomic E-state index is 13.7. The summed E-state index contributed by atoms with van der Waals surface area (Å²) in [7, 11) is 1.62. The van der Waals surface area contributed by atoms with E-state index in [2.05, 4.69) is 10.6 Å². The molecule has 2 N–H and O–H groups in total. The third kappa shape index (κ3) is 8.49. The third-order valence-corrected chi connectivity index (χ3v) is 8.51. The van der Waals surface area contributed by atoms with Crippen molar-refractivity contribution in [1.82, 2.24) is 20.4 Å². The molecule has 5 rings (SSSR count). The molecule has 0 spiro atoms. The fraction of sp³-hybridized carbons (Fsp3) is 0.222. The van der Waals surface area contributed by atoms with Gasteiger partial charge in [-0.15, -0.1) is 0 Å². The molecule has 0 aliphatic carbocycles. The first-order valence-electron chi connectivity index (χ1n) is 15.1. The van der Waals surface area contributed by atoms with Crippen LogP contribution in [0.25, 0.3) is 0 Å². The number of ether oxygens (including phenoxy) is 1. The lowest BCUT2D eigenvalue weighted by molar-refractivity contribution is -0.147. The molecule has 1 aliphatic rings. The summed E-state index contributed by atoms with van der Waals surface area (Å²) in [6.07, 6.45) is 0.413. The number of nitrogens with one attached hydrogen (secondary N) is 2. The number of carbonyl (C=O) groups excluding carboxylic acids is 4. The summed E-state index contributed by atoms with van der Waals surface area (Å²) < 4.78 is 5.51. The molecule has 1 atom stereocenters. The van der Waals surface area contributed by atoms with Crippen LogP contribution in [0.15, 0.2) is 97.1 Å². The lowest BCUT2D eigenvalue weighted by atomic mass is 9.95. The second-order valence-corrected chi connectivity index (χ2v) is 12.0. The van der Waals surface area contributed by atoms with Crippen LogP contribution in [0.5, 0.6) is 0 Å². The summed E-state index contributed by atoms with van der Waals surface area (Å²) in [5.74, 6) is -1.74. The van der Waals surface area contributed by atoms with Crippen LogP contribution in [0.2, 0.25) is 10.0 Å². The van der Waals surface area contributed by atoms with Crippen molar-refractivity contribution in [3.8, 4) is 0 Å². The summed E-state index contributed by atoms with van der Waals surface area (Å²) in [5, 5.41) is 5.35. The van der Waals surface area contributed by atoms with Crippen molar-refractivity contribution in [3.63, 3.8) is 0 Å². The minimum absolute atomic E-state index is 0.0319. The van der Waals surface area contributed by atoms with Gasteiger partial charge < -0.3 is 25.2 Å². The van der Waals surface area contributed by atoms with E-state index in [9.17, 15) is 19.2 Å². The number of nitrogens with zero attached hydrogens (tertiary/aromatic N) is 2. The van der Waals surface area contributed by atoms with Gasteiger partial charge in [-0.05, 0) is 34.7 Å². The lowest BCUT2D eigenvalue weighted by Crippen LogP contribution is -2.51. The Balaban J connectivity index is 1.31. The quantitative estimate of drug-likeness (QED) is 0.194. The van der Waals surface area contributed by atoms with E-state index in [1.54, 1.807) is 24.1 Å². The van der Waals surface area contributed by atoms with Gasteiger partial charge in [0, 0.05) is 32.2 Å². The van der Waals surface area contributed by atoms with Gasteiger partial charge in [0.15, 0.2) is 0 Å². The van der Waals surface area contributed by atoms with E-state index in [0.717, 1.165) is 16.7 Å². The highest BCUT2D eigenvalue weighted by molar-refractivity contribution is 6.41. The van der Waals surface area contributed by atoms with Crippen LogP contribution in [-0.2, 0) is 35.6 Å².